The SMILES string of the molecule is Cc1nc(CN2CCC[C@H](NCc3ccc(Cl)s3)C2)no1. The molecule has 2 aromatic rings. The summed E-state index contributed by atoms with van der Waals surface area (Å²) in [5.74, 6) is 1.41. The van der Waals surface area contributed by atoms with E-state index in [0.29, 0.717) is 11.9 Å². The minimum atomic E-state index is 0.507. The summed E-state index contributed by atoms with van der Waals surface area (Å²) >= 11 is 7.60. The van der Waals surface area contributed by atoms with Crippen LogP contribution in [0.1, 0.15) is 29.4 Å². The number of likely N-dealkylation sites (tertiary alicyclic amines) is 1. The van der Waals surface area contributed by atoms with Gasteiger partial charge in [-0.05, 0) is 31.5 Å². The van der Waals surface area contributed by atoms with E-state index in [4.69, 9.17) is 16.1 Å². The lowest BCUT2D eigenvalue weighted by molar-refractivity contribution is 0.177. The first-order valence-corrected chi connectivity index (χ1v) is 8.37. The van der Waals surface area contributed by atoms with E-state index in [1.807, 2.05) is 13.0 Å². The highest BCUT2D eigenvalue weighted by Crippen LogP contribution is 2.21. The van der Waals surface area contributed by atoms with E-state index in [0.717, 1.165) is 36.3 Å². The molecular weight excluding hydrogens is 308 g/mol. The summed E-state index contributed by atoms with van der Waals surface area (Å²) in [5, 5.41) is 7.59. The summed E-state index contributed by atoms with van der Waals surface area (Å²) in [6.45, 7) is 5.59. The number of halogens is 1. The molecule has 0 aromatic carbocycles. The van der Waals surface area contributed by atoms with Crippen molar-refractivity contribution in [1.82, 2.24) is 20.4 Å². The fourth-order valence-electron chi connectivity index (χ4n) is 2.66. The van der Waals surface area contributed by atoms with Crippen molar-refractivity contribution in [3.05, 3.63) is 33.1 Å². The van der Waals surface area contributed by atoms with Crippen LogP contribution in [-0.2, 0) is 13.1 Å². The highest BCUT2D eigenvalue weighted by atomic mass is 35.5. The Kier molecular flexibility index (Phi) is 4.90. The van der Waals surface area contributed by atoms with Crippen LogP contribution in [0.3, 0.4) is 0 Å². The summed E-state index contributed by atoms with van der Waals surface area (Å²) in [5.41, 5.74) is 0. The van der Waals surface area contributed by atoms with Gasteiger partial charge in [-0.1, -0.05) is 16.8 Å². The van der Waals surface area contributed by atoms with Crippen molar-refractivity contribution in [2.24, 2.45) is 0 Å². The van der Waals surface area contributed by atoms with Gasteiger partial charge < -0.3 is 9.84 Å². The molecule has 114 valence electrons. The summed E-state index contributed by atoms with van der Waals surface area (Å²) in [6.07, 6.45) is 2.40. The van der Waals surface area contributed by atoms with E-state index in [1.165, 1.54) is 17.7 Å². The lowest BCUT2D eigenvalue weighted by atomic mass is 10.1. The molecule has 1 saturated heterocycles. The van der Waals surface area contributed by atoms with E-state index in [2.05, 4.69) is 26.4 Å². The lowest BCUT2D eigenvalue weighted by Gasteiger charge is -2.32. The predicted octanol–water partition coefficient (Wildman–Crippen LogP) is 2.85. The maximum atomic E-state index is 5.96. The van der Waals surface area contributed by atoms with Crippen LogP contribution in [0.5, 0.6) is 0 Å². The molecule has 1 aliphatic heterocycles. The van der Waals surface area contributed by atoms with E-state index >= 15 is 0 Å². The second-order valence-corrected chi connectivity index (χ2v) is 7.19. The minimum Gasteiger partial charge on any atom is -0.340 e. The Hall–Kier alpha value is -0.950. The van der Waals surface area contributed by atoms with Crippen LogP contribution < -0.4 is 5.32 Å². The summed E-state index contributed by atoms with van der Waals surface area (Å²) in [6, 6.07) is 4.55. The zero-order valence-electron chi connectivity index (χ0n) is 12.0. The average molecular weight is 327 g/mol. The van der Waals surface area contributed by atoms with Crippen molar-refractivity contribution in [3.8, 4) is 0 Å². The Morgan fingerprint density at radius 1 is 1.52 bits per heavy atom. The van der Waals surface area contributed by atoms with Crippen LogP contribution in [0.2, 0.25) is 4.34 Å². The van der Waals surface area contributed by atoms with Gasteiger partial charge >= 0.3 is 0 Å². The van der Waals surface area contributed by atoms with Crippen LogP contribution in [0.15, 0.2) is 16.7 Å². The Morgan fingerprint density at radius 3 is 3.14 bits per heavy atom. The highest BCUT2D eigenvalue weighted by Gasteiger charge is 2.21. The predicted molar refractivity (Wildman–Crippen MR) is 83.5 cm³/mol. The molecule has 1 atom stereocenters. The van der Waals surface area contributed by atoms with Gasteiger partial charge in [0, 0.05) is 30.9 Å². The molecule has 3 heterocycles. The molecule has 1 N–H and O–H groups in total. The first kappa shape index (κ1) is 15.0. The van der Waals surface area contributed by atoms with Gasteiger partial charge in [-0.3, -0.25) is 4.90 Å². The molecule has 1 fully saturated rings. The van der Waals surface area contributed by atoms with Crippen molar-refractivity contribution in [1.29, 1.82) is 0 Å². The minimum absolute atomic E-state index is 0.507. The molecule has 3 rings (SSSR count). The Morgan fingerprint density at radius 2 is 2.43 bits per heavy atom. The van der Waals surface area contributed by atoms with Gasteiger partial charge in [-0.2, -0.15) is 4.98 Å². The molecule has 0 spiro atoms. The Labute approximate surface area is 133 Å². The van der Waals surface area contributed by atoms with E-state index in [1.54, 1.807) is 11.3 Å². The van der Waals surface area contributed by atoms with Gasteiger partial charge in [0.15, 0.2) is 5.82 Å². The molecular formula is C14H19ClN4OS. The summed E-state index contributed by atoms with van der Waals surface area (Å²) in [7, 11) is 0. The largest absolute Gasteiger partial charge is 0.340 e. The standard InChI is InChI=1S/C14H19ClN4OS/c1-10-17-14(18-20-10)9-19-6-2-3-11(8-19)16-7-12-4-5-13(15)21-12/h4-5,11,16H,2-3,6-9H2,1H3/t11-/m0/s1. The van der Waals surface area contributed by atoms with Gasteiger partial charge in [0.2, 0.25) is 5.89 Å². The second kappa shape index (κ2) is 6.87. The van der Waals surface area contributed by atoms with Gasteiger partial charge in [0.1, 0.15) is 0 Å². The van der Waals surface area contributed by atoms with Crippen molar-refractivity contribution in [2.45, 2.75) is 38.9 Å². The van der Waals surface area contributed by atoms with Crippen molar-refractivity contribution in [2.75, 3.05) is 13.1 Å². The van der Waals surface area contributed by atoms with E-state index in [9.17, 15) is 0 Å². The third-order valence-electron chi connectivity index (χ3n) is 3.63. The molecule has 0 unspecified atom stereocenters. The topological polar surface area (TPSA) is 54.2 Å². The molecule has 2 aromatic heterocycles. The van der Waals surface area contributed by atoms with Crippen LogP contribution in [-0.4, -0.2) is 34.2 Å². The zero-order chi connectivity index (χ0) is 14.7. The maximum Gasteiger partial charge on any atom is 0.223 e. The summed E-state index contributed by atoms with van der Waals surface area (Å²) < 4.78 is 5.88. The van der Waals surface area contributed by atoms with Gasteiger partial charge in [0.25, 0.3) is 0 Å². The molecule has 5 nitrogen and oxygen atoms in total. The average Bonchev–Trinajstić information content (AvgIpc) is 3.06. The van der Waals surface area contributed by atoms with Crippen molar-refractivity contribution in [3.63, 3.8) is 0 Å². The van der Waals surface area contributed by atoms with Gasteiger partial charge in [-0.25, -0.2) is 0 Å². The van der Waals surface area contributed by atoms with Crippen LogP contribution in [0.25, 0.3) is 0 Å². The molecule has 0 radical (unpaired) electrons. The molecule has 21 heavy (non-hydrogen) atoms. The fourth-order valence-corrected chi connectivity index (χ4v) is 3.70. The van der Waals surface area contributed by atoms with Crippen molar-refractivity contribution < 1.29 is 4.52 Å². The Bertz CT molecular complexity index is 585. The monoisotopic (exact) mass is 326 g/mol. The lowest BCUT2D eigenvalue weighted by Crippen LogP contribution is -2.45. The number of thiophene rings is 1. The molecule has 0 amide bonds. The first-order valence-electron chi connectivity index (χ1n) is 7.18. The third kappa shape index (κ3) is 4.26. The smallest absolute Gasteiger partial charge is 0.223 e. The molecule has 0 aliphatic carbocycles. The number of hydrogen-bond donors (Lipinski definition) is 1. The fraction of sp³-hybridized carbons (Fsp3) is 0.571. The van der Waals surface area contributed by atoms with Crippen LogP contribution in [0, 0.1) is 6.92 Å². The van der Waals surface area contributed by atoms with Crippen LogP contribution in [0.4, 0.5) is 0 Å². The third-order valence-corrected chi connectivity index (χ3v) is 4.87. The number of rotatable bonds is 5. The normalized spacial score (nSPS) is 20.0. The number of hydrogen-bond acceptors (Lipinski definition) is 6. The molecule has 0 saturated carbocycles. The zero-order valence-corrected chi connectivity index (χ0v) is 13.6. The second-order valence-electron chi connectivity index (χ2n) is 5.39. The number of aromatic nitrogens is 2. The molecule has 1 aliphatic rings. The number of nitrogens with zero attached hydrogens (tertiary/aromatic N) is 3. The molecule has 0 bridgehead atoms. The van der Waals surface area contributed by atoms with E-state index in [-0.39, 0.29) is 0 Å². The number of piperidine rings is 1. The highest BCUT2D eigenvalue weighted by molar-refractivity contribution is 7.16. The number of aryl methyl sites for hydroxylation is 1. The first-order chi connectivity index (χ1) is 10.2. The van der Waals surface area contributed by atoms with Gasteiger partial charge in [-0.15, -0.1) is 11.3 Å². The summed E-state index contributed by atoms with van der Waals surface area (Å²) in [4.78, 5) is 7.94. The molecule has 7 heteroatoms. The van der Waals surface area contributed by atoms with Gasteiger partial charge in [0.05, 0.1) is 10.9 Å². The quantitative estimate of drug-likeness (QED) is 0.915. The number of nitrogens with one attached hydrogen (secondary N) is 1. The maximum absolute atomic E-state index is 5.96. The van der Waals surface area contributed by atoms with E-state index < -0.39 is 0 Å². The van der Waals surface area contributed by atoms with Crippen LogP contribution >= 0.6 is 22.9 Å². The Balaban J connectivity index is 1.48. The van der Waals surface area contributed by atoms with Crippen molar-refractivity contribution >= 4 is 22.9 Å².